The van der Waals surface area contributed by atoms with Gasteiger partial charge in [0, 0.05) is 12.6 Å². The zero-order valence-electron chi connectivity index (χ0n) is 11.3. The Hall–Kier alpha value is -1.42. The molecular formula is C15H21FN2O. The molecule has 0 saturated carbocycles. The SMILES string of the molecule is CC(Cc1ccccc1F)NC(=O)C1CCCNC1. The molecule has 2 rings (SSSR count). The molecule has 1 amide bonds. The number of piperidine rings is 1. The molecule has 104 valence electrons. The maximum atomic E-state index is 13.5. The number of halogens is 1. The van der Waals surface area contributed by atoms with E-state index in [1.165, 1.54) is 6.07 Å². The summed E-state index contributed by atoms with van der Waals surface area (Å²) < 4.78 is 13.5. The van der Waals surface area contributed by atoms with Gasteiger partial charge in [0.2, 0.25) is 5.91 Å². The Labute approximate surface area is 113 Å². The van der Waals surface area contributed by atoms with Crippen molar-refractivity contribution in [3.05, 3.63) is 35.6 Å². The zero-order valence-corrected chi connectivity index (χ0v) is 11.3. The molecule has 0 radical (unpaired) electrons. The first-order chi connectivity index (χ1) is 9.16. The van der Waals surface area contributed by atoms with Gasteiger partial charge in [-0.2, -0.15) is 0 Å². The highest BCUT2D eigenvalue weighted by molar-refractivity contribution is 5.79. The highest BCUT2D eigenvalue weighted by Gasteiger charge is 2.22. The largest absolute Gasteiger partial charge is 0.353 e. The zero-order chi connectivity index (χ0) is 13.7. The minimum absolute atomic E-state index is 0.0497. The molecule has 1 aromatic rings. The third-order valence-corrected chi connectivity index (χ3v) is 3.54. The Morgan fingerprint density at radius 1 is 1.53 bits per heavy atom. The van der Waals surface area contributed by atoms with Crippen LogP contribution >= 0.6 is 0 Å². The first-order valence-electron chi connectivity index (χ1n) is 6.91. The van der Waals surface area contributed by atoms with E-state index in [-0.39, 0.29) is 23.7 Å². The van der Waals surface area contributed by atoms with Crippen LogP contribution in [-0.4, -0.2) is 25.0 Å². The summed E-state index contributed by atoms with van der Waals surface area (Å²) in [5, 5.41) is 6.21. The summed E-state index contributed by atoms with van der Waals surface area (Å²) in [7, 11) is 0. The predicted molar refractivity (Wildman–Crippen MR) is 73.3 cm³/mol. The molecule has 0 aromatic heterocycles. The molecule has 1 aromatic carbocycles. The van der Waals surface area contributed by atoms with Crippen molar-refractivity contribution < 1.29 is 9.18 Å². The first-order valence-corrected chi connectivity index (χ1v) is 6.91. The van der Waals surface area contributed by atoms with E-state index in [4.69, 9.17) is 0 Å². The van der Waals surface area contributed by atoms with Crippen LogP contribution < -0.4 is 10.6 Å². The van der Waals surface area contributed by atoms with Crippen molar-refractivity contribution in [2.24, 2.45) is 5.92 Å². The average molecular weight is 264 g/mol. The lowest BCUT2D eigenvalue weighted by molar-refractivity contribution is -0.126. The maximum absolute atomic E-state index is 13.5. The van der Waals surface area contributed by atoms with Crippen molar-refractivity contribution in [3.8, 4) is 0 Å². The Bertz CT molecular complexity index is 430. The van der Waals surface area contributed by atoms with Gasteiger partial charge in [0.1, 0.15) is 5.82 Å². The highest BCUT2D eigenvalue weighted by atomic mass is 19.1. The lowest BCUT2D eigenvalue weighted by Crippen LogP contribution is -2.44. The van der Waals surface area contributed by atoms with Crippen LogP contribution in [0.2, 0.25) is 0 Å². The molecule has 0 spiro atoms. The Morgan fingerprint density at radius 2 is 2.32 bits per heavy atom. The van der Waals surface area contributed by atoms with Crippen molar-refractivity contribution in [2.45, 2.75) is 32.2 Å². The third-order valence-electron chi connectivity index (χ3n) is 3.54. The second-order valence-corrected chi connectivity index (χ2v) is 5.25. The van der Waals surface area contributed by atoms with Crippen molar-refractivity contribution in [1.29, 1.82) is 0 Å². The van der Waals surface area contributed by atoms with Crippen LogP contribution in [0, 0.1) is 11.7 Å². The number of hydrogen-bond donors (Lipinski definition) is 2. The molecule has 4 heteroatoms. The molecule has 1 saturated heterocycles. The molecule has 2 unspecified atom stereocenters. The molecule has 2 N–H and O–H groups in total. The maximum Gasteiger partial charge on any atom is 0.224 e. The van der Waals surface area contributed by atoms with Crippen LogP contribution in [0.5, 0.6) is 0 Å². The third kappa shape index (κ3) is 4.03. The highest BCUT2D eigenvalue weighted by Crippen LogP contribution is 2.12. The van der Waals surface area contributed by atoms with Crippen LogP contribution in [0.3, 0.4) is 0 Å². The van der Waals surface area contributed by atoms with Gasteiger partial charge >= 0.3 is 0 Å². The summed E-state index contributed by atoms with van der Waals surface area (Å²) in [5.74, 6) is -0.0733. The second kappa shape index (κ2) is 6.66. The normalized spacial score (nSPS) is 20.8. The molecular weight excluding hydrogens is 243 g/mol. The summed E-state index contributed by atoms with van der Waals surface area (Å²) in [4.78, 5) is 12.0. The van der Waals surface area contributed by atoms with Crippen LogP contribution in [0.1, 0.15) is 25.3 Å². The van der Waals surface area contributed by atoms with E-state index in [9.17, 15) is 9.18 Å². The van der Waals surface area contributed by atoms with E-state index in [2.05, 4.69) is 10.6 Å². The molecule has 3 nitrogen and oxygen atoms in total. The molecule has 1 aliphatic heterocycles. The quantitative estimate of drug-likeness (QED) is 0.871. The van der Waals surface area contributed by atoms with Gasteiger partial charge in [0.05, 0.1) is 5.92 Å². The number of carbonyl (C=O) groups excluding carboxylic acids is 1. The van der Waals surface area contributed by atoms with Crippen molar-refractivity contribution in [3.63, 3.8) is 0 Å². The lowest BCUT2D eigenvalue weighted by Gasteiger charge is -2.24. The van der Waals surface area contributed by atoms with Gasteiger partial charge in [-0.3, -0.25) is 4.79 Å². The van der Waals surface area contributed by atoms with E-state index >= 15 is 0 Å². The fourth-order valence-electron chi connectivity index (χ4n) is 2.48. The van der Waals surface area contributed by atoms with Gasteiger partial charge in [-0.25, -0.2) is 4.39 Å². The summed E-state index contributed by atoms with van der Waals surface area (Å²) in [6.45, 7) is 3.66. The average Bonchev–Trinajstić information content (AvgIpc) is 2.42. The van der Waals surface area contributed by atoms with E-state index < -0.39 is 0 Å². The van der Waals surface area contributed by atoms with E-state index in [1.54, 1.807) is 12.1 Å². The van der Waals surface area contributed by atoms with Gasteiger partial charge in [0.25, 0.3) is 0 Å². The number of rotatable bonds is 4. The fourth-order valence-corrected chi connectivity index (χ4v) is 2.48. The van der Waals surface area contributed by atoms with Crippen LogP contribution in [0.4, 0.5) is 4.39 Å². The lowest BCUT2D eigenvalue weighted by atomic mass is 9.98. The van der Waals surface area contributed by atoms with Gasteiger partial charge in [0.15, 0.2) is 0 Å². The second-order valence-electron chi connectivity index (χ2n) is 5.25. The number of hydrogen-bond acceptors (Lipinski definition) is 2. The summed E-state index contributed by atoms with van der Waals surface area (Å²) in [5.41, 5.74) is 0.650. The minimum Gasteiger partial charge on any atom is -0.353 e. The Balaban J connectivity index is 1.85. The predicted octanol–water partition coefficient (Wildman–Crippen LogP) is 1.87. The van der Waals surface area contributed by atoms with Crippen LogP contribution in [0.25, 0.3) is 0 Å². The van der Waals surface area contributed by atoms with Crippen molar-refractivity contribution in [1.82, 2.24) is 10.6 Å². The molecule has 1 fully saturated rings. The van der Waals surface area contributed by atoms with Gasteiger partial charge in [-0.1, -0.05) is 18.2 Å². The molecule has 0 bridgehead atoms. The van der Waals surface area contributed by atoms with E-state index in [0.717, 1.165) is 25.9 Å². The monoisotopic (exact) mass is 264 g/mol. The molecule has 19 heavy (non-hydrogen) atoms. The van der Waals surface area contributed by atoms with E-state index in [1.807, 2.05) is 13.0 Å². The number of benzene rings is 1. The minimum atomic E-state index is -0.206. The smallest absolute Gasteiger partial charge is 0.224 e. The van der Waals surface area contributed by atoms with Gasteiger partial charge < -0.3 is 10.6 Å². The summed E-state index contributed by atoms with van der Waals surface area (Å²) in [6, 6.07) is 6.66. The van der Waals surface area contributed by atoms with Crippen LogP contribution in [-0.2, 0) is 11.2 Å². The molecule has 2 atom stereocenters. The molecule has 1 heterocycles. The topological polar surface area (TPSA) is 41.1 Å². The Morgan fingerprint density at radius 3 is 3.00 bits per heavy atom. The number of nitrogens with one attached hydrogen (secondary N) is 2. The summed E-state index contributed by atoms with van der Waals surface area (Å²) in [6.07, 6.45) is 2.50. The number of amides is 1. The van der Waals surface area contributed by atoms with Crippen molar-refractivity contribution in [2.75, 3.05) is 13.1 Å². The van der Waals surface area contributed by atoms with Crippen LogP contribution in [0.15, 0.2) is 24.3 Å². The number of carbonyl (C=O) groups is 1. The van der Waals surface area contributed by atoms with E-state index in [0.29, 0.717) is 12.0 Å². The first kappa shape index (κ1) is 14.0. The molecule has 0 aliphatic carbocycles. The standard InChI is InChI=1S/C15H21FN2O/c1-11(9-12-5-2-3-7-14(12)16)18-15(19)13-6-4-8-17-10-13/h2-3,5,7,11,13,17H,4,6,8-10H2,1H3,(H,18,19). The van der Waals surface area contributed by atoms with Gasteiger partial charge in [-0.15, -0.1) is 0 Å². The van der Waals surface area contributed by atoms with Gasteiger partial charge in [-0.05, 0) is 44.4 Å². The molecule has 1 aliphatic rings. The fraction of sp³-hybridized carbons (Fsp3) is 0.533. The summed E-state index contributed by atoms with van der Waals surface area (Å²) >= 11 is 0. The van der Waals surface area contributed by atoms with Crippen molar-refractivity contribution >= 4 is 5.91 Å². The Kier molecular flexibility index (Phi) is 4.91.